The second kappa shape index (κ2) is 5.91. The van der Waals surface area contributed by atoms with Gasteiger partial charge in [-0.2, -0.15) is 0 Å². The number of phenols is 1. The molecular formula is C11H15BrO2. The topological polar surface area (TPSA) is 29.5 Å². The molecule has 78 valence electrons. The fourth-order valence-electron chi connectivity index (χ4n) is 1.26. The Morgan fingerprint density at radius 2 is 2.21 bits per heavy atom. The Labute approximate surface area is 93.0 Å². The third-order valence-corrected chi connectivity index (χ3v) is 2.48. The molecule has 1 N–H and O–H groups in total. The lowest BCUT2D eigenvalue weighted by Gasteiger charge is -2.07. The maximum Gasteiger partial charge on any atom is 0.161 e. The van der Waals surface area contributed by atoms with Crippen LogP contribution < -0.4 is 4.74 Å². The molecular weight excluding hydrogens is 244 g/mol. The molecule has 1 rings (SSSR count). The molecule has 0 amide bonds. The van der Waals surface area contributed by atoms with Crippen LogP contribution in [-0.4, -0.2) is 17.0 Å². The van der Waals surface area contributed by atoms with Crippen molar-refractivity contribution in [3.8, 4) is 11.5 Å². The molecule has 1 aromatic rings. The van der Waals surface area contributed by atoms with E-state index in [4.69, 9.17) is 4.74 Å². The highest BCUT2D eigenvalue weighted by Gasteiger charge is 2.02. The summed E-state index contributed by atoms with van der Waals surface area (Å²) in [4.78, 5) is 0. The second-order valence-corrected chi connectivity index (χ2v) is 3.82. The van der Waals surface area contributed by atoms with Gasteiger partial charge >= 0.3 is 0 Å². The minimum atomic E-state index is 0.217. The Balaban J connectivity index is 2.72. The van der Waals surface area contributed by atoms with Crippen LogP contribution in [0.4, 0.5) is 0 Å². The molecule has 0 atom stereocenters. The van der Waals surface area contributed by atoms with Crippen LogP contribution in [0.25, 0.3) is 0 Å². The molecule has 0 fully saturated rings. The molecule has 3 heteroatoms. The molecule has 0 radical (unpaired) electrons. The zero-order chi connectivity index (χ0) is 10.4. The molecule has 2 nitrogen and oxygen atoms in total. The molecule has 14 heavy (non-hydrogen) atoms. The predicted octanol–water partition coefficient (Wildman–Crippen LogP) is 3.12. The van der Waals surface area contributed by atoms with Crippen LogP contribution in [0.5, 0.6) is 11.5 Å². The Morgan fingerprint density at radius 3 is 2.86 bits per heavy atom. The van der Waals surface area contributed by atoms with E-state index in [2.05, 4.69) is 15.9 Å². The van der Waals surface area contributed by atoms with E-state index in [0.29, 0.717) is 12.4 Å². The van der Waals surface area contributed by atoms with Crippen LogP contribution in [0.3, 0.4) is 0 Å². The van der Waals surface area contributed by atoms with Gasteiger partial charge in [-0.1, -0.05) is 22.0 Å². The van der Waals surface area contributed by atoms with Crippen molar-refractivity contribution in [2.45, 2.75) is 19.8 Å². The molecule has 0 aliphatic carbocycles. The molecule has 0 saturated heterocycles. The standard InChI is InChI=1S/C11H15BrO2/c1-2-14-11-8-9(4-3-7-12)5-6-10(11)13/h5-6,8,13H,2-4,7H2,1H3. The molecule has 0 aliphatic heterocycles. The molecule has 0 saturated carbocycles. The zero-order valence-electron chi connectivity index (χ0n) is 8.29. The summed E-state index contributed by atoms with van der Waals surface area (Å²) in [6.07, 6.45) is 2.10. The summed E-state index contributed by atoms with van der Waals surface area (Å²) in [7, 11) is 0. The summed E-state index contributed by atoms with van der Waals surface area (Å²) >= 11 is 3.39. The van der Waals surface area contributed by atoms with Crippen LogP contribution in [0, 0.1) is 0 Å². The Kier molecular flexibility index (Phi) is 4.80. The summed E-state index contributed by atoms with van der Waals surface area (Å²) in [5.74, 6) is 0.800. The number of hydrogen-bond donors (Lipinski definition) is 1. The first-order valence-corrected chi connectivity index (χ1v) is 5.90. The van der Waals surface area contributed by atoms with Crippen LogP contribution >= 0.6 is 15.9 Å². The Bertz CT molecular complexity index is 287. The number of aromatic hydroxyl groups is 1. The highest BCUT2D eigenvalue weighted by atomic mass is 79.9. The van der Waals surface area contributed by atoms with Crippen LogP contribution in [-0.2, 0) is 6.42 Å². The Hall–Kier alpha value is -0.700. The normalized spacial score (nSPS) is 10.1. The zero-order valence-corrected chi connectivity index (χ0v) is 9.88. The summed E-state index contributed by atoms with van der Waals surface area (Å²) in [6, 6.07) is 5.52. The van der Waals surface area contributed by atoms with Crippen molar-refractivity contribution >= 4 is 15.9 Å². The minimum absolute atomic E-state index is 0.217. The number of phenolic OH excluding ortho intramolecular Hbond substituents is 1. The van der Waals surface area contributed by atoms with E-state index < -0.39 is 0 Å². The number of aryl methyl sites for hydroxylation is 1. The van der Waals surface area contributed by atoms with Crippen molar-refractivity contribution in [3.05, 3.63) is 23.8 Å². The van der Waals surface area contributed by atoms with Crippen LogP contribution in [0.15, 0.2) is 18.2 Å². The molecule has 0 aromatic heterocycles. The molecule has 0 unspecified atom stereocenters. The van der Waals surface area contributed by atoms with E-state index in [0.717, 1.165) is 18.2 Å². The minimum Gasteiger partial charge on any atom is -0.504 e. The quantitative estimate of drug-likeness (QED) is 0.823. The third kappa shape index (κ3) is 3.22. The first kappa shape index (κ1) is 11.4. The number of halogens is 1. The smallest absolute Gasteiger partial charge is 0.161 e. The fraction of sp³-hybridized carbons (Fsp3) is 0.455. The molecule has 0 bridgehead atoms. The fourth-order valence-corrected chi connectivity index (χ4v) is 1.54. The van der Waals surface area contributed by atoms with E-state index in [9.17, 15) is 5.11 Å². The lowest BCUT2D eigenvalue weighted by molar-refractivity contribution is 0.317. The van der Waals surface area contributed by atoms with Gasteiger partial charge in [0, 0.05) is 5.33 Å². The highest BCUT2D eigenvalue weighted by Crippen LogP contribution is 2.27. The van der Waals surface area contributed by atoms with Crippen molar-refractivity contribution in [3.63, 3.8) is 0 Å². The van der Waals surface area contributed by atoms with Crippen molar-refractivity contribution in [1.82, 2.24) is 0 Å². The van der Waals surface area contributed by atoms with E-state index in [1.54, 1.807) is 6.07 Å². The SMILES string of the molecule is CCOc1cc(CCCBr)ccc1O. The molecule has 0 heterocycles. The van der Waals surface area contributed by atoms with Gasteiger partial charge in [0.15, 0.2) is 11.5 Å². The first-order chi connectivity index (χ1) is 6.77. The maximum absolute atomic E-state index is 9.46. The number of alkyl halides is 1. The lowest BCUT2D eigenvalue weighted by Crippen LogP contribution is -1.94. The molecule has 1 aromatic carbocycles. The number of hydrogen-bond acceptors (Lipinski definition) is 2. The van der Waals surface area contributed by atoms with Gasteiger partial charge in [0.25, 0.3) is 0 Å². The van der Waals surface area contributed by atoms with E-state index in [1.165, 1.54) is 5.56 Å². The average Bonchev–Trinajstić information content (AvgIpc) is 2.19. The maximum atomic E-state index is 9.46. The van der Waals surface area contributed by atoms with E-state index >= 15 is 0 Å². The highest BCUT2D eigenvalue weighted by molar-refractivity contribution is 9.09. The van der Waals surface area contributed by atoms with Gasteiger partial charge in [0.05, 0.1) is 6.61 Å². The van der Waals surface area contributed by atoms with Gasteiger partial charge in [-0.05, 0) is 37.5 Å². The monoisotopic (exact) mass is 258 g/mol. The van der Waals surface area contributed by atoms with Gasteiger partial charge < -0.3 is 9.84 Å². The Morgan fingerprint density at radius 1 is 1.43 bits per heavy atom. The summed E-state index contributed by atoms with van der Waals surface area (Å²) in [6.45, 7) is 2.49. The van der Waals surface area contributed by atoms with Gasteiger partial charge in [-0.25, -0.2) is 0 Å². The van der Waals surface area contributed by atoms with Crippen molar-refractivity contribution < 1.29 is 9.84 Å². The predicted molar refractivity (Wildman–Crippen MR) is 61.4 cm³/mol. The average molecular weight is 259 g/mol. The molecule has 0 aliphatic rings. The van der Waals surface area contributed by atoms with E-state index in [1.807, 2.05) is 19.1 Å². The number of ether oxygens (including phenoxy) is 1. The third-order valence-electron chi connectivity index (χ3n) is 1.92. The van der Waals surface area contributed by atoms with Gasteiger partial charge in [-0.3, -0.25) is 0 Å². The van der Waals surface area contributed by atoms with Gasteiger partial charge in [-0.15, -0.1) is 0 Å². The van der Waals surface area contributed by atoms with Gasteiger partial charge in [0.2, 0.25) is 0 Å². The van der Waals surface area contributed by atoms with Crippen molar-refractivity contribution in [1.29, 1.82) is 0 Å². The summed E-state index contributed by atoms with van der Waals surface area (Å²) < 4.78 is 5.30. The lowest BCUT2D eigenvalue weighted by atomic mass is 10.1. The van der Waals surface area contributed by atoms with E-state index in [-0.39, 0.29) is 5.75 Å². The molecule has 0 spiro atoms. The number of rotatable bonds is 5. The van der Waals surface area contributed by atoms with Crippen molar-refractivity contribution in [2.75, 3.05) is 11.9 Å². The van der Waals surface area contributed by atoms with Crippen LogP contribution in [0.2, 0.25) is 0 Å². The van der Waals surface area contributed by atoms with Crippen LogP contribution in [0.1, 0.15) is 18.9 Å². The summed E-state index contributed by atoms with van der Waals surface area (Å²) in [5.41, 5.74) is 1.20. The van der Waals surface area contributed by atoms with Crippen molar-refractivity contribution in [2.24, 2.45) is 0 Å². The van der Waals surface area contributed by atoms with Gasteiger partial charge in [0.1, 0.15) is 0 Å². The number of benzene rings is 1. The second-order valence-electron chi connectivity index (χ2n) is 3.03. The largest absolute Gasteiger partial charge is 0.504 e. The summed E-state index contributed by atoms with van der Waals surface area (Å²) in [5, 5.41) is 10.5. The first-order valence-electron chi connectivity index (χ1n) is 4.78.